The number of carbonyl (C=O) groups is 1. The zero-order chi connectivity index (χ0) is 14.8. The molecule has 0 aliphatic carbocycles. The highest BCUT2D eigenvalue weighted by atomic mass is 32.2. The molecule has 2 aromatic carbocycles. The van der Waals surface area contributed by atoms with E-state index in [1.807, 2.05) is 18.2 Å². The molecule has 0 aliphatic heterocycles. The lowest BCUT2D eigenvalue weighted by molar-refractivity contribution is -0.136. The third-order valence-electron chi connectivity index (χ3n) is 3.11. The van der Waals surface area contributed by atoms with Crippen molar-refractivity contribution in [3.05, 3.63) is 42.5 Å². The number of aliphatic carboxylic acids is 1. The molecular weight excluding hydrogens is 304 g/mol. The molecular formula is C15H12N2O2S2. The van der Waals surface area contributed by atoms with Crippen molar-refractivity contribution in [1.82, 2.24) is 9.59 Å². The van der Waals surface area contributed by atoms with Crippen molar-refractivity contribution in [2.24, 2.45) is 0 Å². The molecule has 0 aliphatic rings. The van der Waals surface area contributed by atoms with Crippen LogP contribution in [0.25, 0.3) is 21.2 Å². The Morgan fingerprint density at radius 3 is 2.76 bits per heavy atom. The van der Waals surface area contributed by atoms with E-state index < -0.39 is 11.2 Å². The fourth-order valence-corrected chi connectivity index (χ4v) is 3.60. The lowest BCUT2D eigenvalue weighted by Crippen LogP contribution is -2.11. The van der Waals surface area contributed by atoms with Crippen LogP contribution in [0.1, 0.15) is 6.92 Å². The molecule has 106 valence electrons. The Kier molecular flexibility index (Phi) is 3.90. The molecule has 0 fully saturated rings. The monoisotopic (exact) mass is 316 g/mol. The van der Waals surface area contributed by atoms with Gasteiger partial charge in [-0.3, -0.25) is 4.79 Å². The van der Waals surface area contributed by atoms with Gasteiger partial charge in [0.1, 0.15) is 10.3 Å². The smallest absolute Gasteiger partial charge is 0.316 e. The Morgan fingerprint density at radius 1 is 1.24 bits per heavy atom. The van der Waals surface area contributed by atoms with Crippen LogP contribution in [0.15, 0.2) is 47.5 Å². The van der Waals surface area contributed by atoms with Crippen molar-refractivity contribution in [2.75, 3.05) is 0 Å². The number of rotatable bonds is 4. The molecule has 21 heavy (non-hydrogen) atoms. The minimum Gasteiger partial charge on any atom is -0.480 e. The van der Waals surface area contributed by atoms with Gasteiger partial charge in [0.25, 0.3) is 0 Å². The summed E-state index contributed by atoms with van der Waals surface area (Å²) in [6, 6.07) is 14.3. The van der Waals surface area contributed by atoms with E-state index in [-0.39, 0.29) is 0 Å². The lowest BCUT2D eigenvalue weighted by atomic mass is 10.1. The van der Waals surface area contributed by atoms with Crippen LogP contribution in [-0.2, 0) is 4.79 Å². The zero-order valence-corrected chi connectivity index (χ0v) is 12.8. The second-order valence-electron chi connectivity index (χ2n) is 4.57. The van der Waals surface area contributed by atoms with Gasteiger partial charge in [-0.2, -0.15) is 0 Å². The number of hydrogen-bond donors (Lipinski definition) is 1. The van der Waals surface area contributed by atoms with Gasteiger partial charge in [-0.1, -0.05) is 52.6 Å². The Balaban J connectivity index is 1.99. The molecule has 6 heteroatoms. The summed E-state index contributed by atoms with van der Waals surface area (Å²) >= 11 is 2.51. The maximum absolute atomic E-state index is 11.0. The Hall–Kier alpha value is -1.92. The van der Waals surface area contributed by atoms with Crippen molar-refractivity contribution in [1.29, 1.82) is 0 Å². The van der Waals surface area contributed by atoms with Gasteiger partial charge < -0.3 is 5.11 Å². The minimum absolute atomic E-state index is 0.548. The molecule has 1 heterocycles. The molecule has 3 aromatic rings. The normalized spacial score (nSPS) is 12.4. The third kappa shape index (κ3) is 2.91. The van der Waals surface area contributed by atoms with E-state index in [4.69, 9.17) is 5.11 Å². The first-order chi connectivity index (χ1) is 10.1. The topological polar surface area (TPSA) is 63.1 Å². The van der Waals surface area contributed by atoms with Crippen LogP contribution in [0.3, 0.4) is 0 Å². The molecule has 0 spiro atoms. The van der Waals surface area contributed by atoms with E-state index in [1.54, 1.807) is 6.92 Å². The van der Waals surface area contributed by atoms with E-state index in [0.717, 1.165) is 15.8 Å². The van der Waals surface area contributed by atoms with E-state index in [2.05, 4.69) is 33.9 Å². The summed E-state index contributed by atoms with van der Waals surface area (Å²) in [5.74, 6) is -0.850. The summed E-state index contributed by atoms with van der Waals surface area (Å²) in [7, 11) is 0. The highest BCUT2D eigenvalue weighted by molar-refractivity contribution is 8.00. The molecule has 1 atom stereocenters. The summed E-state index contributed by atoms with van der Waals surface area (Å²) in [4.78, 5) is 11.9. The Bertz CT molecular complexity index is 801. The molecule has 0 radical (unpaired) electrons. The van der Waals surface area contributed by atoms with Crippen LogP contribution in [-0.4, -0.2) is 25.9 Å². The summed E-state index contributed by atoms with van der Waals surface area (Å²) in [6.45, 7) is 1.65. The number of carboxylic acids is 1. The number of aromatic nitrogens is 2. The minimum atomic E-state index is -0.850. The van der Waals surface area contributed by atoms with Crippen LogP contribution in [0.5, 0.6) is 0 Å². The zero-order valence-electron chi connectivity index (χ0n) is 11.2. The van der Waals surface area contributed by atoms with Crippen molar-refractivity contribution in [3.8, 4) is 10.4 Å². The van der Waals surface area contributed by atoms with Gasteiger partial charge in [-0.25, -0.2) is 0 Å². The van der Waals surface area contributed by atoms with Gasteiger partial charge in [0.2, 0.25) is 0 Å². The first kappa shape index (κ1) is 14.0. The van der Waals surface area contributed by atoms with Crippen LogP contribution < -0.4 is 0 Å². The van der Waals surface area contributed by atoms with Crippen LogP contribution >= 0.6 is 23.3 Å². The summed E-state index contributed by atoms with van der Waals surface area (Å²) < 4.78 is 3.97. The molecule has 0 bridgehead atoms. The van der Waals surface area contributed by atoms with Crippen molar-refractivity contribution < 1.29 is 9.90 Å². The van der Waals surface area contributed by atoms with E-state index in [9.17, 15) is 4.79 Å². The molecule has 1 aromatic heterocycles. The molecule has 0 saturated heterocycles. The second-order valence-corrected chi connectivity index (χ2v) is 6.65. The largest absolute Gasteiger partial charge is 0.480 e. The van der Waals surface area contributed by atoms with E-state index >= 15 is 0 Å². The number of carboxylic acid groups (broad SMARTS) is 1. The van der Waals surface area contributed by atoms with Crippen molar-refractivity contribution in [3.63, 3.8) is 0 Å². The lowest BCUT2D eigenvalue weighted by Gasteiger charge is -2.06. The van der Waals surface area contributed by atoms with Gasteiger partial charge >= 0.3 is 5.97 Å². The SMILES string of the molecule is CC(Sc1nnsc1-c1ccc2ccccc2c1)C(=O)O. The highest BCUT2D eigenvalue weighted by Crippen LogP contribution is 2.36. The van der Waals surface area contributed by atoms with Crippen molar-refractivity contribution in [2.45, 2.75) is 17.2 Å². The molecule has 0 saturated carbocycles. The average Bonchev–Trinajstić information content (AvgIpc) is 2.94. The quantitative estimate of drug-likeness (QED) is 0.739. The number of thioether (sulfide) groups is 1. The molecule has 4 nitrogen and oxygen atoms in total. The predicted octanol–water partition coefficient (Wildman–Crippen LogP) is 3.92. The predicted molar refractivity (Wildman–Crippen MR) is 85.8 cm³/mol. The fourth-order valence-electron chi connectivity index (χ4n) is 1.98. The second kappa shape index (κ2) is 5.83. The summed E-state index contributed by atoms with van der Waals surface area (Å²) in [5.41, 5.74) is 1.02. The number of fused-ring (bicyclic) bond motifs is 1. The molecule has 1 N–H and O–H groups in total. The average molecular weight is 316 g/mol. The maximum atomic E-state index is 11.0. The van der Waals surface area contributed by atoms with Gasteiger partial charge in [0, 0.05) is 0 Å². The maximum Gasteiger partial charge on any atom is 0.316 e. The first-order valence-electron chi connectivity index (χ1n) is 6.36. The van der Waals surface area contributed by atoms with Gasteiger partial charge in [-0.05, 0) is 40.9 Å². The van der Waals surface area contributed by atoms with Crippen molar-refractivity contribution >= 4 is 40.0 Å². The Labute approximate surface area is 130 Å². The molecule has 1 unspecified atom stereocenters. The van der Waals surface area contributed by atoms with Gasteiger partial charge in [-0.15, -0.1) is 5.10 Å². The fraction of sp³-hybridized carbons (Fsp3) is 0.133. The van der Waals surface area contributed by atoms with Crippen LogP contribution in [0.4, 0.5) is 0 Å². The van der Waals surface area contributed by atoms with Gasteiger partial charge in [0.05, 0.1) is 4.88 Å². The molecule has 3 rings (SSSR count). The highest BCUT2D eigenvalue weighted by Gasteiger charge is 2.18. The first-order valence-corrected chi connectivity index (χ1v) is 8.01. The van der Waals surface area contributed by atoms with Crippen LogP contribution in [0.2, 0.25) is 0 Å². The van der Waals surface area contributed by atoms with Gasteiger partial charge in [0.15, 0.2) is 0 Å². The van der Waals surface area contributed by atoms with E-state index in [1.165, 1.54) is 28.7 Å². The third-order valence-corrected chi connectivity index (χ3v) is 5.07. The standard InChI is InChI=1S/C15H12N2O2S2/c1-9(15(18)19)20-14-13(21-17-16-14)12-7-6-10-4-2-3-5-11(10)8-12/h2-9H,1H3,(H,18,19). The van der Waals surface area contributed by atoms with Crippen LogP contribution in [0, 0.1) is 0 Å². The van der Waals surface area contributed by atoms with E-state index in [0.29, 0.717) is 5.03 Å². The number of nitrogens with zero attached hydrogens (tertiary/aromatic N) is 2. The number of benzene rings is 2. The Morgan fingerprint density at radius 2 is 2.00 bits per heavy atom. The summed E-state index contributed by atoms with van der Waals surface area (Å²) in [6.07, 6.45) is 0. The molecule has 0 amide bonds. The number of hydrogen-bond acceptors (Lipinski definition) is 5. The summed E-state index contributed by atoms with van der Waals surface area (Å²) in [5, 5.41) is 15.5.